The summed E-state index contributed by atoms with van der Waals surface area (Å²) in [5.74, 6) is 0.642. The molecule has 0 saturated heterocycles. The first-order chi connectivity index (χ1) is 7.85. The Morgan fingerprint density at radius 1 is 1.35 bits per heavy atom. The third kappa shape index (κ3) is 3.77. The Morgan fingerprint density at radius 2 is 2.00 bits per heavy atom. The van der Waals surface area contributed by atoms with E-state index in [9.17, 15) is 4.79 Å². The molecule has 0 saturated carbocycles. The molecule has 0 atom stereocenters. The van der Waals surface area contributed by atoms with Crippen LogP contribution in [0.2, 0.25) is 0 Å². The van der Waals surface area contributed by atoms with E-state index in [0.29, 0.717) is 23.4 Å². The highest BCUT2D eigenvalue weighted by Gasteiger charge is 2.17. The first-order valence-electron chi connectivity index (χ1n) is 5.81. The number of nitrogens with two attached hydrogens (primary N) is 1. The molecule has 0 bridgehead atoms. The lowest BCUT2D eigenvalue weighted by Crippen LogP contribution is -2.11. The molecule has 0 unspecified atom stereocenters. The highest BCUT2D eigenvalue weighted by atomic mass is 16.5. The molecule has 0 aliphatic rings. The molecular weight excluding hydrogens is 214 g/mol. The molecule has 0 heterocycles. The first kappa shape index (κ1) is 13.6. The number of carbonyl (C=O) groups excluding carboxylic acids is 1. The van der Waals surface area contributed by atoms with E-state index in [1.54, 1.807) is 25.3 Å². The maximum Gasteiger partial charge on any atom is 0.165 e. The number of hydrogen-bond acceptors (Lipinski definition) is 3. The van der Waals surface area contributed by atoms with Gasteiger partial charge in [-0.1, -0.05) is 26.8 Å². The Balaban J connectivity index is 2.83. The van der Waals surface area contributed by atoms with Crippen LogP contribution in [0.4, 0.5) is 5.69 Å². The molecule has 3 heteroatoms. The average Bonchev–Trinajstić information content (AvgIpc) is 2.25. The number of benzene rings is 1. The summed E-state index contributed by atoms with van der Waals surface area (Å²) in [5.41, 5.74) is 7.05. The molecule has 94 valence electrons. The minimum atomic E-state index is 0.0799. The van der Waals surface area contributed by atoms with Crippen LogP contribution in [0, 0.1) is 5.41 Å². The van der Waals surface area contributed by atoms with Crippen molar-refractivity contribution >= 4 is 11.5 Å². The van der Waals surface area contributed by atoms with E-state index < -0.39 is 0 Å². The second kappa shape index (κ2) is 5.21. The zero-order chi connectivity index (χ0) is 13.1. The Labute approximate surface area is 103 Å². The maximum absolute atomic E-state index is 12.0. The van der Waals surface area contributed by atoms with Crippen molar-refractivity contribution in [2.75, 3.05) is 12.8 Å². The SMILES string of the molecule is COc1cccc(C(=O)CCC(C)(C)C)c1N. The van der Waals surface area contributed by atoms with Crippen molar-refractivity contribution in [2.45, 2.75) is 33.6 Å². The fourth-order valence-electron chi connectivity index (χ4n) is 1.59. The summed E-state index contributed by atoms with van der Waals surface area (Å²) in [6.07, 6.45) is 1.36. The largest absolute Gasteiger partial charge is 0.495 e. The summed E-state index contributed by atoms with van der Waals surface area (Å²) in [7, 11) is 1.55. The summed E-state index contributed by atoms with van der Waals surface area (Å²) >= 11 is 0. The number of hydrogen-bond donors (Lipinski definition) is 1. The Morgan fingerprint density at radius 3 is 2.53 bits per heavy atom. The second-order valence-electron chi connectivity index (χ2n) is 5.41. The molecule has 3 nitrogen and oxygen atoms in total. The van der Waals surface area contributed by atoms with Gasteiger partial charge in [-0.2, -0.15) is 0 Å². The van der Waals surface area contributed by atoms with Crippen molar-refractivity contribution in [3.8, 4) is 5.75 Å². The average molecular weight is 235 g/mol. The van der Waals surface area contributed by atoms with Gasteiger partial charge in [-0.15, -0.1) is 0 Å². The predicted octanol–water partition coefficient (Wildman–Crippen LogP) is 3.29. The Bertz CT molecular complexity index is 405. The lowest BCUT2D eigenvalue weighted by atomic mass is 9.88. The third-order valence-electron chi connectivity index (χ3n) is 2.69. The van der Waals surface area contributed by atoms with Crippen molar-refractivity contribution in [3.05, 3.63) is 23.8 Å². The number of rotatable bonds is 4. The van der Waals surface area contributed by atoms with Crippen LogP contribution >= 0.6 is 0 Å². The van der Waals surface area contributed by atoms with Gasteiger partial charge in [-0.3, -0.25) is 4.79 Å². The number of ether oxygens (including phenoxy) is 1. The van der Waals surface area contributed by atoms with Crippen molar-refractivity contribution < 1.29 is 9.53 Å². The van der Waals surface area contributed by atoms with Crippen molar-refractivity contribution in [3.63, 3.8) is 0 Å². The molecule has 0 spiro atoms. The molecule has 0 aliphatic heterocycles. The minimum absolute atomic E-state index is 0.0799. The zero-order valence-corrected chi connectivity index (χ0v) is 11.0. The van der Waals surface area contributed by atoms with Gasteiger partial charge in [0, 0.05) is 12.0 Å². The van der Waals surface area contributed by atoms with Crippen LogP contribution in [-0.4, -0.2) is 12.9 Å². The van der Waals surface area contributed by atoms with E-state index in [4.69, 9.17) is 10.5 Å². The molecule has 1 aromatic rings. The topological polar surface area (TPSA) is 52.3 Å². The number of para-hydroxylation sites is 1. The Kier molecular flexibility index (Phi) is 4.16. The third-order valence-corrected chi connectivity index (χ3v) is 2.69. The van der Waals surface area contributed by atoms with E-state index in [2.05, 4.69) is 20.8 Å². The first-order valence-corrected chi connectivity index (χ1v) is 5.81. The van der Waals surface area contributed by atoms with Crippen LogP contribution in [0.5, 0.6) is 5.75 Å². The quantitative estimate of drug-likeness (QED) is 0.643. The monoisotopic (exact) mass is 235 g/mol. The predicted molar refractivity (Wildman–Crippen MR) is 70.4 cm³/mol. The zero-order valence-electron chi connectivity index (χ0n) is 11.0. The van der Waals surface area contributed by atoms with Crippen molar-refractivity contribution in [1.29, 1.82) is 0 Å². The highest BCUT2D eigenvalue weighted by Crippen LogP contribution is 2.28. The van der Waals surface area contributed by atoms with E-state index in [1.165, 1.54) is 0 Å². The highest BCUT2D eigenvalue weighted by molar-refractivity contribution is 6.01. The molecule has 17 heavy (non-hydrogen) atoms. The van der Waals surface area contributed by atoms with Crippen molar-refractivity contribution in [2.24, 2.45) is 5.41 Å². The van der Waals surface area contributed by atoms with E-state index in [1.807, 2.05) is 0 Å². The van der Waals surface area contributed by atoms with Crippen molar-refractivity contribution in [1.82, 2.24) is 0 Å². The molecule has 0 fully saturated rings. The number of anilines is 1. The molecule has 0 aromatic heterocycles. The smallest absolute Gasteiger partial charge is 0.165 e. The lowest BCUT2D eigenvalue weighted by molar-refractivity contribution is 0.0966. The van der Waals surface area contributed by atoms with Crippen LogP contribution in [-0.2, 0) is 0 Å². The molecule has 1 rings (SSSR count). The van der Waals surface area contributed by atoms with Crippen LogP contribution in [0.15, 0.2) is 18.2 Å². The van der Waals surface area contributed by atoms with Crippen LogP contribution in [0.25, 0.3) is 0 Å². The molecule has 0 aliphatic carbocycles. The number of ketones is 1. The van der Waals surface area contributed by atoms with Gasteiger partial charge < -0.3 is 10.5 Å². The van der Waals surface area contributed by atoms with E-state index in [0.717, 1.165) is 6.42 Å². The van der Waals surface area contributed by atoms with Gasteiger partial charge >= 0.3 is 0 Å². The van der Waals surface area contributed by atoms with Crippen LogP contribution < -0.4 is 10.5 Å². The molecule has 0 radical (unpaired) electrons. The van der Waals surface area contributed by atoms with E-state index >= 15 is 0 Å². The van der Waals surface area contributed by atoms with Crippen LogP contribution in [0.1, 0.15) is 44.0 Å². The van der Waals surface area contributed by atoms with Gasteiger partial charge in [0.1, 0.15) is 5.75 Å². The van der Waals surface area contributed by atoms with Gasteiger partial charge in [-0.25, -0.2) is 0 Å². The summed E-state index contributed by atoms with van der Waals surface area (Å²) < 4.78 is 5.10. The van der Waals surface area contributed by atoms with Gasteiger partial charge in [0.25, 0.3) is 0 Å². The molecule has 0 amide bonds. The molecule has 1 aromatic carbocycles. The molecule has 2 N–H and O–H groups in total. The maximum atomic E-state index is 12.0. The number of methoxy groups -OCH3 is 1. The summed E-state index contributed by atoms with van der Waals surface area (Å²) in [6.45, 7) is 6.36. The number of nitrogen functional groups attached to an aromatic ring is 1. The van der Waals surface area contributed by atoms with E-state index in [-0.39, 0.29) is 11.2 Å². The number of carbonyl (C=O) groups is 1. The summed E-state index contributed by atoms with van der Waals surface area (Å²) in [5, 5.41) is 0. The van der Waals surface area contributed by atoms with Gasteiger partial charge in [0.2, 0.25) is 0 Å². The van der Waals surface area contributed by atoms with Gasteiger partial charge in [0.05, 0.1) is 12.8 Å². The van der Waals surface area contributed by atoms with Gasteiger partial charge in [-0.05, 0) is 24.0 Å². The fraction of sp³-hybridized carbons (Fsp3) is 0.500. The molecular formula is C14H21NO2. The summed E-state index contributed by atoms with van der Waals surface area (Å²) in [6, 6.07) is 5.30. The minimum Gasteiger partial charge on any atom is -0.495 e. The fourth-order valence-corrected chi connectivity index (χ4v) is 1.59. The van der Waals surface area contributed by atoms with Gasteiger partial charge in [0.15, 0.2) is 5.78 Å². The lowest BCUT2D eigenvalue weighted by Gasteiger charge is -2.17. The van der Waals surface area contributed by atoms with Crippen LogP contribution in [0.3, 0.4) is 0 Å². The number of Topliss-reactive ketones (excluding diaryl/α,β-unsaturated/α-hetero) is 1. The standard InChI is InChI=1S/C14H21NO2/c1-14(2,3)9-8-11(16)10-6-5-7-12(17-4)13(10)15/h5-7H,8-9,15H2,1-4H3. The Hall–Kier alpha value is -1.51. The normalized spacial score (nSPS) is 11.3. The second-order valence-corrected chi connectivity index (χ2v) is 5.41. The summed E-state index contributed by atoms with van der Waals surface area (Å²) in [4.78, 5) is 12.0.